The zero-order valence-corrected chi connectivity index (χ0v) is 9.50. The average molecular weight is 224 g/mol. The maximum atomic E-state index is 5.22. The van der Waals surface area contributed by atoms with Crippen LogP contribution in [0.15, 0.2) is 54.7 Å². The van der Waals surface area contributed by atoms with Gasteiger partial charge in [-0.3, -0.25) is 0 Å². The number of fused-ring (bicyclic) bond motifs is 1. The molecule has 0 aliphatic heterocycles. The molecular weight excluding hydrogens is 212 g/mol. The summed E-state index contributed by atoms with van der Waals surface area (Å²) in [4.78, 5) is 0. The molecule has 0 radical (unpaired) electrons. The topological polar surface area (TPSA) is 26.5 Å². The summed E-state index contributed by atoms with van der Waals surface area (Å²) >= 11 is 0. The molecule has 84 valence electrons. The highest BCUT2D eigenvalue weighted by Crippen LogP contribution is 2.23. The van der Waals surface area contributed by atoms with Crippen molar-refractivity contribution in [1.29, 1.82) is 0 Å². The van der Waals surface area contributed by atoms with Crippen LogP contribution in [0.3, 0.4) is 0 Å². The Balaban J connectivity index is 2.13. The van der Waals surface area contributed by atoms with Crippen molar-refractivity contribution in [2.45, 2.75) is 0 Å². The molecule has 0 unspecified atom stereocenters. The Morgan fingerprint density at radius 2 is 2.00 bits per heavy atom. The number of nitrogens with zero attached hydrogens (tertiary/aromatic N) is 2. The van der Waals surface area contributed by atoms with E-state index in [2.05, 4.69) is 11.2 Å². The Hall–Kier alpha value is -2.29. The van der Waals surface area contributed by atoms with Gasteiger partial charge in [0.1, 0.15) is 5.75 Å². The summed E-state index contributed by atoms with van der Waals surface area (Å²) in [6.07, 6.45) is 1.94. The Morgan fingerprint density at radius 1 is 1.06 bits per heavy atom. The van der Waals surface area contributed by atoms with Gasteiger partial charge in [0, 0.05) is 11.8 Å². The van der Waals surface area contributed by atoms with Crippen LogP contribution in [0, 0.1) is 0 Å². The summed E-state index contributed by atoms with van der Waals surface area (Å²) < 4.78 is 7.09. The van der Waals surface area contributed by atoms with Crippen molar-refractivity contribution in [2.24, 2.45) is 0 Å². The van der Waals surface area contributed by atoms with E-state index >= 15 is 0 Å². The third kappa shape index (κ3) is 1.76. The molecule has 0 atom stereocenters. The molecular formula is C14H12N2O. The number of pyridine rings is 1. The van der Waals surface area contributed by atoms with Crippen LogP contribution in [0.1, 0.15) is 0 Å². The quantitative estimate of drug-likeness (QED) is 0.669. The second-order valence-corrected chi connectivity index (χ2v) is 3.83. The molecule has 0 saturated carbocycles. The zero-order valence-electron chi connectivity index (χ0n) is 9.50. The monoisotopic (exact) mass is 224 g/mol. The SMILES string of the molecule is COc1cccc(-c2cc3ccccn3n2)c1. The third-order valence-electron chi connectivity index (χ3n) is 2.74. The van der Waals surface area contributed by atoms with Gasteiger partial charge in [-0.1, -0.05) is 18.2 Å². The van der Waals surface area contributed by atoms with Gasteiger partial charge in [-0.05, 0) is 30.3 Å². The van der Waals surface area contributed by atoms with Gasteiger partial charge in [-0.25, -0.2) is 4.52 Å². The average Bonchev–Trinajstić information content (AvgIpc) is 2.82. The molecule has 0 saturated heterocycles. The molecule has 3 aromatic rings. The van der Waals surface area contributed by atoms with Crippen molar-refractivity contribution in [2.75, 3.05) is 7.11 Å². The molecule has 0 N–H and O–H groups in total. The lowest BCUT2D eigenvalue weighted by Gasteiger charge is -2.00. The first-order valence-corrected chi connectivity index (χ1v) is 5.46. The second-order valence-electron chi connectivity index (χ2n) is 3.83. The Kier molecular flexibility index (Phi) is 2.29. The maximum absolute atomic E-state index is 5.22. The van der Waals surface area contributed by atoms with Gasteiger partial charge in [-0.15, -0.1) is 0 Å². The summed E-state index contributed by atoms with van der Waals surface area (Å²) in [7, 11) is 1.67. The smallest absolute Gasteiger partial charge is 0.119 e. The predicted molar refractivity (Wildman–Crippen MR) is 67.2 cm³/mol. The van der Waals surface area contributed by atoms with Crippen LogP contribution in [-0.2, 0) is 0 Å². The molecule has 17 heavy (non-hydrogen) atoms. The van der Waals surface area contributed by atoms with Crippen LogP contribution in [0.5, 0.6) is 5.75 Å². The van der Waals surface area contributed by atoms with E-state index < -0.39 is 0 Å². The van der Waals surface area contributed by atoms with Crippen molar-refractivity contribution >= 4 is 5.52 Å². The highest BCUT2D eigenvalue weighted by atomic mass is 16.5. The van der Waals surface area contributed by atoms with Gasteiger partial charge in [-0.2, -0.15) is 5.10 Å². The molecule has 0 bridgehead atoms. The lowest BCUT2D eigenvalue weighted by Crippen LogP contribution is -1.86. The molecule has 3 heteroatoms. The molecule has 1 aromatic carbocycles. The van der Waals surface area contributed by atoms with Gasteiger partial charge in [0.05, 0.1) is 18.3 Å². The first-order chi connectivity index (χ1) is 8.36. The zero-order chi connectivity index (χ0) is 11.7. The van der Waals surface area contributed by atoms with Crippen LogP contribution in [0.4, 0.5) is 0 Å². The van der Waals surface area contributed by atoms with Crippen molar-refractivity contribution < 1.29 is 4.74 Å². The van der Waals surface area contributed by atoms with E-state index in [1.54, 1.807) is 7.11 Å². The fourth-order valence-corrected chi connectivity index (χ4v) is 1.86. The number of methoxy groups -OCH3 is 1. The largest absolute Gasteiger partial charge is 0.497 e. The van der Waals surface area contributed by atoms with Gasteiger partial charge < -0.3 is 4.74 Å². The van der Waals surface area contributed by atoms with E-state index in [4.69, 9.17) is 4.74 Å². The highest BCUT2D eigenvalue weighted by molar-refractivity contribution is 5.67. The van der Waals surface area contributed by atoms with Crippen LogP contribution in [0.25, 0.3) is 16.8 Å². The fourth-order valence-electron chi connectivity index (χ4n) is 1.86. The molecule has 3 rings (SSSR count). The Labute approximate surface area is 99.3 Å². The number of benzene rings is 1. The molecule has 3 nitrogen and oxygen atoms in total. The van der Waals surface area contributed by atoms with E-state index in [9.17, 15) is 0 Å². The van der Waals surface area contributed by atoms with Gasteiger partial charge in [0.2, 0.25) is 0 Å². The second kappa shape index (κ2) is 3.94. The van der Waals surface area contributed by atoms with Crippen LogP contribution < -0.4 is 4.74 Å². The van der Waals surface area contributed by atoms with Gasteiger partial charge >= 0.3 is 0 Å². The van der Waals surface area contributed by atoms with E-state index in [-0.39, 0.29) is 0 Å². The maximum Gasteiger partial charge on any atom is 0.119 e. The van der Waals surface area contributed by atoms with Gasteiger partial charge in [0.15, 0.2) is 0 Å². The fraction of sp³-hybridized carbons (Fsp3) is 0.0714. The number of rotatable bonds is 2. The number of hydrogen-bond donors (Lipinski definition) is 0. The number of ether oxygens (including phenoxy) is 1. The lowest BCUT2D eigenvalue weighted by atomic mass is 10.1. The summed E-state index contributed by atoms with van der Waals surface area (Å²) in [6, 6.07) is 16.0. The predicted octanol–water partition coefficient (Wildman–Crippen LogP) is 3.01. The summed E-state index contributed by atoms with van der Waals surface area (Å²) in [5.74, 6) is 0.847. The molecule has 2 heterocycles. The minimum Gasteiger partial charge on any atom is -0.497 e. The Bertz CT molecular complexity index is 625. The van der Waals surface area contributed by atoms with Crippen LogP contribution in [0.2, 0.25) is 0 Å². The number of aromatic nitrogens is 2. The molecule has 0 amide bonds. The first kappa shape index (κ1) is 9.90. The third-order valence-corrected chi connectivity index (χ3v) is 2.74. The van der Waals surface area contributed by atoms with E-state index in [0.29, 0.717) is 0 Å². The van der Waals surface area contributed by atoms with E-state index in [0.717, 1.165) is 22.5 Å². The van der Waals surface area contributed by atoms with Crippen LogP contribution in [-0.4, -0.2) is 16.7 Å². The van der Waals surface area contributed by atoms with E-state index in [1.807, 2.05) is 53.2 Å². The molecule has 0 fully saturated rings. The summed E-state index contributed by atoms with van der Waals surface area (Å²) in [5.41, 5.74) is 3.11. The van der Waals surface area contributed by atoms with Gasteiger partial charge in [0.25, 0.3) is 0 Å². The summed E-state index contributed by atoms with van der Waals surface area (Å²) in [5, 5.41) is 4.52. The number of hydrogen-bond acceptors (Lipinski definition) is 2. The molecule has 0 aliphatic rings. The highest BCUT2D eigenvalue weighted by Gasteiger charge is 2.04. The minimum atomic E-state index is 0.847. The standard InChI is InChI=1S/C14H12N2O/c1-17-13-7-4-5-11(9-13)14-10-12-6-2-3-8-16(12)15-14/h2-10H,1H3. The molecule has 0 spiro atoms. The minimum absolute atomic E-state index is 0.847. The van der Waals surface area contributed by atoms with Crippen molar-refractivity contribution in [3.8, 4) is 17.0 Å². The van der Waals surface area contributed by atoms with Crippen molar-refractivity contribution in [3.63, 3.8) is 0 Å². The normalized spacial score (nSPS) is 10.6. The first-order valence-electron chi connectivity index (χ1n) is 5.46. The molecule has 0 aliphatic carbocycles. The van der Waals surface area contributed by atoms with Crippen LogP contribution >= 0.6 is 0 Å². The molecule has 2 aromatic heterocycles. The lowest BCUT2D eigenvalue weighted by molar-refractivity contribution is 0.415. The summed E-state index contributed by atoms with van der Waals surface area (Å²) in [6.45, 7) is 0. The van der Waals surface area contributed by atoms with Crippen molar-refractivity contribution in [1.82, 2.24) is 9.61 Å². The van der Waals surface area contributed by atoms with E-state index in [1.165, 1.54) is 0 Å². The van der Waals surface area contributed by atoms with Crippen molar-refractivity contribution in [3.05, 3.63) is 54.7 Å². The Morgan fingerprint density at radius 3 is 2.82 bits per heavy atom.